The second-order valence-corrected chi connectivity index (χ2v) is 11.3. The van der Waals surface area contributed by atoms with Gasteiger partial charge in [-0.15, -0.1) is 0 Å². The fraction of sp³-hybridized carbons (Fsp3) is 0.867. The Balaban J connectivity index is 1.27. The molecule has 182 valence electrons. The van der Waals surface area contributed by atoms with Crippen molar-refractivity contribution in [1.29, 1.82) is 0 Å². The fourth-order valence-corrected chi connectivity index (χ4v) is 6.49. The van der Waals surface area contributed by atoms with E-state index in [2.05, 4.69) is 36.2 Å². The highest BCUT2D eigenvalue weighted by Gasteiger charge is 2.30. The van der Waals surface area contributed by atoms with Crippen LogP contribution >= 0.6 is 0 Å². The molecule has 2 heteroatoms. The van der Waals surface area contributed by atoms with Crippen LogP contribution in [0.4, 0.5) is 0 Å². The van der Waals surface area contributed by atoms with Crippen molar-refractivity contribution in [2.75, 3.05) is 0 Å². The topological polar surface area (TPSA) is 25.8 Å². The lowest BCUT2D eigenvalue weighted by molar-refractivity contribution is 0.140. The summed E-state index contributed by atoms with van der Waals surface area (Å²) in [6.45, 7) is 4.60. The summed E-state index contributed by atoms with van der Waals surface area (Å²) in [5.74, 6) is 5.13. The summed E-state index contributed by atoms with van der Waals surface area (Å²) in [5.41, 5.74) is 1.32. The summed E-state index contributed by atoms with van der Waals surface area (Å²) in [4.78, 5) is 9.38. The average molecular weight is 441 g/mol. The van der Waals surface area contributed by atoms with Crippen molar-refractivity contribution in [3.05, 3.63) is 23.8 Å². The van der Waals surface area contributed by atoms with Gasteiger partial charge in [-0.2, -0.15) is 0 Å². The van der Waals surface area contributed by atoms with Gasteiger partial charge in [-0.1, -0.05) is 90.9 Å². The Morgan fingerprint density at radius 2 is 1.12 bits per heavy atom. The van der Waals surface area contributed by atoms with Crippen LogP contribution < -0.4 is 0 Å². The predicted molar refractivity (Wildman–Crippen MR) is 138 cm³/mol. The lowest BCUT2D eigenvalue weighted by atomic mass is 9.68. The number of unbranched alkanes of at least 4 members (excludes halogenated alkanes) is 6. The van der Waals surface area contributed by atoms with Crippen molar-refractivity contribution in [2.45, 2.75) is 142 Å². The summed E-state index contributed by atoms with van der Waals surface area (Å²) in [6.07, 6.45) is 32.2. The van der Waals surface area contributed by atoms with E-state index in [1.807, 2.05) is 0 Å². The second kappa shape index (κ2) is 15.1. The highest BCUT2D eigenvalue weighted by atomic mass is 14.9. The maximum Gasteiger partial charge on any atom is 0.128 e. The minimum absolute atomic E-state index is 0.915. The summed E-state index contributed by atoms with van der Waals surface area (Å²) in [5, 5.41) is 0. The van der Waals surface area contributed by atoms with Gasteiger partial charge in [0.25, 0.3) is 0 Å². The van der Waals surface area contributed by atoms with Gasteiger partial charge in [0.15, 0.2) is 0 Å². The summed E-state index contributed by atoms with van der Waals surface area (Å²) < 4.78 is 0. The van der Waals surface area contributed by atoms with Gasteiger partial charge >= 0.3 is 0 Å². The molecule has 0 unspecified atom stereocenters. The van der Waals surface area contributed by atoms with E-state index in [0.29, 0.717) is 0 Å². The largest absolute Gasteiger partial charge is 0.241 e. The highest BCUT2D eigenvalue weighted by molar-refractivity contribution is 5.05. The molecule has 2 aliphatic rings. The average Bonchev–Trinajstić information content (AvgIpc) is 2.84. The van der Waals surface area contributed by atoms with E-state index in [1.54, 1.807) is 0 Å². The lowest BCUT2D eigenvalue weighted by Crippen LogP contribution is -2.26. The molecule has 2 nitrogen and oxygen atoms in total. The van der Waals surface area contributed by atoms with Crippen LogP contribution in [0.5, 0.6) is 0 Å². The zero-order valence-corrected chi connectivity index (χ0v) is 21.5. The minimum atomic E-state index is 0.915. The first-order chi connectivity index (χ1) is 15.8. The van der Waals surface area contributed by atoms with Gasteiger partial charge in [0, 0.05) is 18.8 Å². The molecular weight excluding hydrogens is 388 g/mol. The van der Waals surface area contributed by atoms with Crippen molar-refractivity contribution in [1.82, 2.24) is 9.97 Å². The van der Waals surface area contributed by atoms with Crippen LogP contribution in [0.3, 0.4) is 0 Å². The number of nitrogens with zero attached hydrogens (tertiary/aromatic N) is 2. The van der Waals surface area contributed by atoms with Crippen molar-refractivity contribution >= 4 is 0 Å². The molecule has 0 radical (unpaired) electrons. The van der Waals surface area contributed by atoms with Gasteiger partial charge in [0.2, 0.25) is 0 Å². The third-order valence-electron chi connectivity index (χ3n) is 8.77. The highest BCUT2D eigenvalue weighted by Crippen LogP contribution is 2.43. The first-order valence-corrected chi connectivity index (χ1v) is 14.6. The second-order valence-electron chi connectivity index (χ2n) is 11.3. The number of hydrogen-bond acceptors (Lipinski definition) is 2. The van der Waals surface area contributed by atoms with Crippen molar-refractivity contribution < 1.29 is 0 Å². The summed E-state index contributed by atoms with van der Waals surface area (Å²) in [6, 6.07) is 0. The molecular formula is C30H52N2. The van der Waals surface area contributed by atoms with Crippen LogP contribution in [0.1, 0.15) is 141 Å². The third-order valence-corrected chi connectivity index (χ3v) is 8.77. The van der Waals surface area contributed by atoms with E-state index >= 15 is 0 Å². The van der Waals surface area contributed by atoms with Gasteiger partial charge in [0.05, 0.1) is 0 Å². The van der Waals surface area contributed by atoms with Crippen LogP contribution in [0.2, 0.25) is 0 Å². The molecule has 1 aromatic heterocycles. The quantitative estimate of drug-likeness (QED) is 0.269. The molecule has 0 atom stereocenters. The van der Waals surface area contributed by atoms with E-state index in [-0.39, 0.29) is 0 Å². The molecule has 1 heterocycles. The molecule has 2 aliphatic carbocycles. The Bertz CT molecular complexity index is 579. The molecule has 2 saturated carbocycles. The summed E-state index contributed by atoms with van der Waals surface area (Å²) in [7, 11) is 0. The maximum absolute atomic E-state index is 4.69. The van der Waals surface area contributed by atoms with E-state index < -0.39 is 0 Å². The van der Waals surface area contributed by atoms with E-state index in [0.717, 1.165) is 42.3 Å². The number of aryl methyl sites for hydroxylation is 2. The number of rotatable bonds is 14. The molecule has 3 rings (SSSR count). The molecule has 32 heavy (non-hydrogen) atoms. The number of hydrogen-bond donors (Lipinski definition) is 0. The van der Waals surface area contributed by atoms with Crippen molar-refractivity contribution in [3.8, 4) is 0 Å². The fourth-order valence-electron chi connectivity index (χ4n) is 6.49. The maximum atomic E-state index is 4.69. The first-order valence-electron chi connectivity index (χ1n) is 14.6. The molecule has 2 fully saturated rings. The van der Waals surface area contributed by atoms with Crippen LogP contribution in [-0.2, 0) is 12.8 Å². The van der Waals surface area contributed by atoms with Gasteiger partial charge in [-0.25, -0.2) is 9.97 Å². The van der Waals surface area contributed by atoms with Crippen LogP contribution in [0.25, 0.3) is 0 Å². The van der Waals surface area contributed by atoms with Gasteiger partial charge < -0.3 is 0 Å². The van der Waals surface area contributed by atoms with E-state index in [9.17, 15) is 0 Å². The first kappa shape index (κ1) is 25.7. The smallest absolute Gasteiger partial charge is 0.128 e. The Labute approximate surface area is 199 Å². The van der Waals surface area contributed by atoms with Crippen LogP contribution in [0, 0.1) is 23.7 Å². The third kappa shape index (κ3) is 9.14. The monoisotopic (exact) mass is 440 g/mol. The zero-order valence-electron chi connectivity index (χ0n) is 21.5. The Kier molecular flexibility index (Phi) is 12.1. The minimum Gasteiger partial charge on any atom is -0.241 e. The van der Waals surface area contributed by atoms with E-state index in [1.165, 1.54) is 121 Å². The number of aromatic nitrogens is 2. The van der Waals surface area contributed by atoms with Gasteiger partial charge in [0.1, 0.15) is 5.82 Å². The zero-order chi connectivity index (χ0) is 22.4. The van der Waals surface area contributed by atoms with Crippen LogP contribution in [0.15, 0.2) is 12.4 Å². The van der Waals surface area contributed by atoms with Gasteiger partial charge in [-0.05, 0) is 74.2 Å². The van der Waals surface area contributed by atoms with Crippen molar-refractivity contribution in [3.63, 3.8) is 0 Å². The summed E-state index contributed by atoms with van der Waals surface area (Å²) >= 11 is 0. The standard InChI is InChI=1S/C30H52N2/c1-3-5-7-8-10-12-27-23-31-30(32-24-27)22-17-26-15-20-29(21-16-26)28-18-13-25(14-19-28)11-9-6-4-2/h23-26,28-29H,3-22H2,1-2H3. The molecule has 1 aromatic rings. The predicted octanol–water partition coefficient (Wildman–Crippen LogP) is 9.12. The van der Waals surface area contributed by atoms with Crippen LogP contribution in [-0.4, -0.2) is 9.97 Å². The van der Waals surface area contributed by atoms with Crippen molar-refractivity contribution in [2.24, 2.45) is 23.7 Å². The lowest BCUT2D eigenvalue weighted by Gasteiger charge is -2.38. The Hall–Kier alpha value is -0.920. The molecule has 0 amide bonds. The molecule has 0 aromatic carbocycles. The molecule has 0 spiro atoms. The Morgan fingerprint density at radius 1 is 0.594 bits per heavy atom. The molecule has 0 aliphatic heterocycles. The Morgan fingerprint density at radius 3 is 1.72 bits per heavy atom. The SMILES string of the molecule is CCCCCCCc1cnc(CCC2CCC(C3CCC(CCCCC)CC3)CC2)nc1. The van der Waals surface area contributed by atoms with E-state index in [4.69, 9.17) is 0 Å². The molecule has 0 N–H and O–H groups in total. The van der Waals surface area contributed by atoms with Gasteiger partial charge in [-0.3, -0.25) is 0 Å². The normalized spacial score (nSPS) is 26.3. The molecule has 0 saturated heterocycles. The molecule has 0 bridgehead atoms.